The van der Waals surface area contributed by atoms with E-state index in [2.05, 4.69) is 27.9 Å². The summed E-state index contributed by atoms with van der Waals surface area (Å²) in [5.74, 6) is 0.877. The number of nitro groups is 1. The highest BCUT2D eigenvalue weighted by Crippen LogP contribution is 2.35. The number of rotatable bonds is 10. The summed E-state index contributed by atoms with van der Waals surface area (Å²) in [6.07, 6.45) is 1.46. The molecular formula is C26H22IN3O6. The summed E-state index contributed by atoms with van der Waals surface area (Å²) >= 11 is 2.06. The van der Waals surface area contributed by atoms with Gasteiger partial charge in [0.05, 0.1) is 22.2 Å². The van der Waals surface area contributed by atoms with Crippen LogP contribution in [0.3, 0.4) is 0 Å². The molecule has 0 saturated heterocycles. The summed E-state index contributed by atoms with van der Waals surface area (Å²) < 4.78 is 17.5. The number of nitriles is 1. The predicted octanol–water partition coefficient (Wildman–Crippen LogP) is 5.73. The van der Waals surface area contributed by atoms with Gasteiger partial charge in [0.2, 0.25) is 0 Å². The summed E-state index contributed by atoms with van der Waals surface area (Å²) in [5.41, 5.74) is 1.57. The van der Waals surface area contributed by atoms with Crippen LogP contribution in [0.4, 0.5) is 11.4 Å². The molecule has 0 saturated carbocycles. The molecule has 0 aliphatic heterocycles. The summed E-state index contributed by atoms with van der Waals surface area (Å²) in [4.78, 5) is 23.3. The van der Waals surface area contributed by atoms with Crippen LogP contribution in [0.15, 0.2) is 66.2 Å². The molecule has 184 valence electrons. The Bertz CT molecular complexity index is 1350. The van der Waals surface area contributed by atoms with Gasteiger partial charge in [-0.3, -0.25) is 14.9 Å². The van der Waals surface area contributed by atoms with Gasteiger partial charge in [-0.15, -0.1) is 0 Å². The smallest absolute Gasteiger partial charge is 0.269 e. The third-order valence-corrected chi connectivity index (χ3v) is 5.64. The monoisotopic (exact) mass is 599 g/mol. The number of hydrogen-bond acceptors (Lipinski definition) is 7. The fourth-order valence-electron chi connectivity index (χ4n) is 3.22. The summed E-state index contributed by atoms with van der Waals surface area (Å²) in [5, 5.41) is 23.3. The summed E-state index contributed by atoms with van der Waals surface area (Å²) in [6, 6.07) is 18.4. The lowest BCUT2D eigenvalue weighted by Crippen LogP contribution is -2.13. The van der Waals surface area contributed by atoms with E-state index in [0.29, 0.717) is 44.2 Å². The lowest BCUT2D eigenvalue weighted by atomic mass is 10.1. The molecule has 0 spiro atoms. The fourth-order valence-corrected chi connectivity index (χ4v) is 4.00. The minimum atomic E-state index is -0.564. The second-order valence-electron chi connectivity index (χ2n) is 7.33. The molecule has 0 fully saturated rings. The number of nitrogens with one attached hydrogen (secondary N) is 1. The number of anilines is 1. The van der Waals surface area contributed by atoms with E-state index < -0.39 is 10.8 Å². The molecule has 0 atom stereocenters. The number of nitrogens with zero attached hydrogens (tertiary/aromatic N) is 2. The molecule has 9 nitrogen and oxygen atoms in total. The van der Waals surface area contributed by atoms with Gasteiger partial charge < -0.3 is 19.5 Å². The number of methoxy groups -OCH3 is 1. The molecule has 3 aromatic rings. The highest BCUT2D eigenvalue weighted by atomic mass is 127. The Labute approximate surface area is 221 Å². The predicted molar refractivity (Wildman–Crippen MR) is 143 cm³/mol. The molecule has 10 heteroatoms. The Morgan fingerprint density at radius 1 is 1.17 bits per heavy atom. The van der Waals surface area contributed by atoms with E-state index in [1.807, 2.05) is 13.0 Å². The van der Waals surface area contributed by atoms with E-state index in [1.54, 1.807) is 48.5 Å². The summed E-state index contributed by atoms with van der Waals surface area (Å²) in [7, 11) is 1.47. The van der Waals surface area contributed by atoms with Crippen molar-refractivity contribution in [3.63, 3.8) is 0 Å². The Morgan fingerprint density at radius 2 is 1.94 bits per heavy atom. The van der Waals surface area contributed by atoms with E-state index in [9.17, 15) is 20.2 Å². The van der Waals surface area contributed by atoms with Crippen molar-refractivity contribution in [3.8, 4) is 23.3 Å². The molecule has 3 rings (SSSR count). The van der Waals surface area contributed by atoms with Gasteiger partial charge >= 0.3 is 0 Å². The highest BCUT2D eigenvalue weighted by Gasteiger charge is 2.15. The molecule has 1 N–H and O–H groups in total. The molecule has 0 heterocycles. The van der Waals surface area contributed by atoms with Gasteiger partial charge in [-0.1, -0.05) is 18.2 Å². The number of benzene rings is 3. The van der Waals surface area contributed by atoms with E-state index >= 15 is 0 Å². The van der Waals surface area contributed by atoms with Crippen molar-refractivity contribution in [3.05, 3.63) is 91.0 Å². The Hall–Kier alpha value is -4.11. The molecule has 1 amide bonds. The van der Waals surface area contributed by atoms with Crippen molar-refractivity contribution in [1.29, 1.82) is 5.26 Å². The number of ether oxygens (including phenoxy) is 3. The maximum Gasteiger partial charge on any atom is 0.269 e. The SMILES string of the molecule is CCOc1cccc(NC(=O)/C(C#N)=C\c2cc(I)c(OCc3cccc([N+](=O)[O-])c3)c(OC)c2)c1. The third-order valence-electron chi connectivity index (χ3n) is 4.84. The number of halogens is 1. The Kier molecular flexibility index (Phi) is 9.24. The number of hydrogen-bond donors (Lipinski definition) is 1. The van der Waals surface area contributed by atoms with Gasteiger partial charge in [0, 0.05) is 23.9 Å². The molecule has 0 aliphatic carbocycles. The quantitative estimate of drug-likeness (QED) is 0.104. The number of amides is 1. The van der Waals surface area contributed by atoms with E-state index in [4.69, 9.17) is 14.2 Å². The third kappa shape index (κ3) is 6.96. The molecule has 36 heavy (non-hydrogen) atoms. The molecule has 0 aliphatic rings. The van der Waals surface area contributed by atoms with Gasteiger partial charge in [-0.25, -0.2) is 0 Å². The van der Waals surface area contributed by atoms with Crippen LogP contribution in [0.5, 0.6) is 17.2 Å². The van der Waals surface area contributed by atoms with Gasteiger partial charge in [0.25, 0.3) is 11.6 Å². The van der Waals surface area contributed by atoms with Gasteiger partial charge in [0.1, 0.15) is 24.0 Å². The van der Waals surface area contributed by atoms with Crippen LogP contribution in [0.25, 0.3) is 6.08 Å². The molecule has 0 bridgehead atoms. The van der Waals surface area contributed by atoms with Crippen LogP contribution in [-0.2, 0) is 11.4 Å². The van der Waals surface area contributed by atoms with Gasteiger partial charge in [-0.05, 0) is 71.0 Å². The average molecular weight is 599 g/mol. The molecule has 0 aromatic heterocycles. The maximum absolute atomic E-state index is 12.7. The Morgan fingerprint density at radius 3 is 2.64 bits per heavy atom. The number of non-ortho nitro benzene ring substituents is 1. The van der Waals surface area contributed by atoms with Crippen molar-refractivity contribution >= 4 is 45.9 Å². The molecular weight excluding hydrogens is 577 g/mol. The van der Waals surface area contributed by atoms with Crippen molar-refractivity contribution in [1.82, 2.24) is 0 Å². The minimum Gasteiger partial charge on any atom is -0.494 e. The fraction of sp³-hybridized carbons (Fsp3) is 0.154. The van der Waals surface area contributed by atoms with Gasteiger partial charge in [0.15, 0.2) is 11.5 Å². The van der Waals surface area contributed by atoms with Crippen LogP contribution in [-0.4, -0.2) is 24.5 Å². The van der Waals surface area contributed by atoms with E-state index in [-0.39, 0.29) is 17.9 Å². The van der Waals surface area contributed by atoms with E-state index in [0.717, 1.165) is 0 Å². The van der Waals surface area contributed by atoms with Crippen molar-refractivity contribution in [2.45, 2.75) is 13.5 Å². The van der Waals surface area contributed by atoms with Crippen molar-refractivity contribution < 1.29 is 23.9 Å². The van der Waals surface area contributed by atoms with Crippen LogP contribution < -0.4 is 19.5 Å². The average Bonchev–Trinajstić information content (AvgIpc) is 2.86. The first kappa shape index (κ1) is 26.5. The van der Waals surface area contributed by atoms with Crippen LogP contribution in [0, 0.1) is 25.0 Å². The second kappa shape index (κ2) is 12.6. The Balaban J connectivity index is 1.80. The minimum absolute atomic E-state index is 0.0230. The zero-order valence-corrected chi connectivity index (χ0v) is 21.6. The lowest BCUT2D eigenvalue weighted by molar-refractivity contribution is -0.384. The topological polar surface area (TPSA) is 124 Å². The molecule has 3 aromatic carbocycles. The molecule has 0 unspecified atom stereocenters. The van der Waals surface area contributed by atoms with Crippen LogP contribution in [0.2, 0.25) is 0 Å². The number of nitro benzene ring substituents is 1. The van der Waals surface area contributed by atoms with Crippen LogP contribution in [0.1, 0.15) is 18.1 Å². The second-order valence-corrected chi connectivity index (χ2v) is 8.50. The normalized spacial score (nSPS) is 10.8. The first-order chi connectivity index (χ1) is 17.3. The maximum atomic E-state index is 12.7. The molecule has 0 radical (unpaired) electrons. The van der Waals surface area contributed by atoms with E-state index in [1.165, 1.54) is 25.3 Å². The first-order valence-electron chi connectivity index (χ1n) is 10.7. The first-order valence-corrected chi connectivity index (χ1v) is 11.8. The lowest BCUT2D eigenvalue weighted by Gasteiger charge is -2.14. The van der Waals surface area contributed by atoms with Gasteiger partial charge in [-0.2, -0.15) is 5.26 Å². The number of carbonyl (C=O) groups excluding carboxylic acids is 1. The zero-order valence-electron chi connectivity index (χ0n) is 19.5. The summed E-state index contributed by atoms with van der Waals surface area (Å²) in [6.45, 7) is 2.45. The zero-order chi connectivity index (χ0) is 26.1. The van der Waals surface area contributed by atoms with Crippen molar-refractivity contribution in [2.24, 2.45) is 0 Å². The standard InChI is InChI=1S/C26H22IN3O6/c1-3-35-22-9-5-7-20(14-22)29-26(31)19(15-28)10-18-12-23(27)25(24(13-18)34-2)36-16-17-6-4-8-21(11-17)30(32)33/h4-14H,3,16H2,1-2H3,(H,29,31)/b19-10-. The van der Waals surface area contributed by atoms with Crippen LogP contribution >= 0.6 is 22.6 Å². The largest absolute Gasteiger partial charge is 0.494 e. The highest BCUT2D eigenvalue weighted by molar-refractivity contribution is 14.1. The van der Waals surface area contributed by atoms with Crippen molar-refractivity contribution in [2.75, 3.05) is 19.0 Å². The number of carbonyl (C=O) groups is 1.